The number of aromatic nitrogens is 2. The van der Waals surface area contributed by atoms with Crippen LogP contribution in [0, 0.1) is 0 Å². The lowest BCUT2D eigenvalue weighted by Crippen LogP contribution is -3.12. The van der Waals surface area contributed by atoms with Crippen LogP contribution in [0.25, 0.3) is 10.8 Å². The van der Waals surface area contributed by atoms with Crippen molar-refractivity contribution in [2.75, 3.05) is 76.3 Å². The lowest BCUT2D eigenvalue weighted by atomic mass is 10.1. The van der Waals surface area contributed by atoms with Crippen LogP contribution in [0.4, 0.5) is 11.6 Å². The summed E-state index contributed by atoms with van der Waals surface area (Å²) in [6.45, 7) is 8.89. The molecular formula is C18H28N6+2. The minimum atomic E-state index is 1.06. The van der Waals surface area contributed by atoms with Crippen molar-refractivity contribution in [3.63, 3.8) is 0 Å². The Hall–Kier alpha value is -1.92. The van der Waals surface area contributed by atoms with E-state index in [1.165, 1.54) is 37.0 Å². The Morgan fingerprint density at radius 3 is 1.46 bits per heavy atom. The van der Waals surface area contributed by atoms with Crippen molar-refractivity contribution in [2.24, 2.45) is 0 Å². The average molecular weight is 328 g/mol. The third-order valence-electron chi connectivity index (χ3n) is 5.48. The van der Waals surface area contributed by atoms with Gasteiger partial charge in [-0.2, -0.15) is 0 Å². The largest absolute Gasteiger partial charge is 0.343 e. The van der Waals surface area contributed by atoms with E-state index in [1.807, 2.05) is 0 Å². The van der Waals surface area contributed by atoms with Crippen molar-refractivity contribution >= 4 is 22.4 Å². The first-order valence-electron chi connectivity index (χ1n) is 9.10. The van der Waals surface area contributed by atoms with Crippen LogP contribution < -0.4 is 19.6 Å². The Kier molecular flexibility index (Phi) is 4.24. The average Bonchev–Trinajstić information content (AvgIpc) is 2.62. The number of nitrogens with one attached hydrogen (secondary N) is 2. The molecule has 0 atom stereocenters. The smallest absolute Gasteiger partial charge is 0.159 e. The molecule has 6 nitrogen and oxygen atoms in total. The highest BCUT2D eigenvalue weighted by Gasteiger charge is 2.24. The van der Waals surface area contributed by atoms with Gasteiger partial charge in [-0.05, 0) is 0 Å². The van der Waals surface area contributed by atoms with Crippen LogP contribution in [-0.2, 0) is 0 Å². The maximum absolute atomic E-state index is 4.67. The maximum atomic E-state index is 4.67. The number of fused-ring (bicyclic) bond motifs is 1. The number of benzene rings is 1. The molecule has 0 bridgehead atoms. The van der Waals surface area contributed by atoms with E-state index in [0.29, 0.717) is 0 Å². The Morgan fingerprint density at radius 1 is 0.708 bits per heavy atom. The van der Waals surface area contributed by atoms with Crippen LogP contribution >= 0.6 is 0 Å². The Bertz CT molecular complexity index is 641. The first-order valence-corrected chi connectivity index (χ1v) is 9.10. The second-order valence-corrected chi connectivity index (χ2v) is 7.28. The monoisotopic (exact) mass is 328 g/mol. The van der Waals surface area contributed by atoms with Crippen molar-refractivity contribution in [1.29, 1.82) is 0 Å². The van der Waals surface area contributed by atoms with Crippen molar-refractivity contribution < 1.29 is 9.80 Å². The molecule has 2 N–H and O–H groups in total. The number of rotatable bonds is 2. The van der Waals surface area contributed by atoms with E-state index in [0.717, 1.165) is 37.8 Å². The first kappa shape index (κ1) is 15.6. The zero-order valence-electron chi connectivity index (χ0n) is 14.8. The number of hydrogen-bond donors (Lipinski definition) is 2. The molecule has 0 saturated carbocycles. The molecule has 2 fully saturated rings. The van der Waals surface area contributed by atoms with Gasteiger partial charge >= 0.3 is 0 Å². The SMILES string of the molecule is C[NH+]1CCN(c2nnc(N3CC[NH+](C)CC3)c3ccccc23)CC1. The van der Waals surface area contributed by atoms with Gasteiger partial charge in [-0.25, -0.2) is 0 Å². The fourth-order valence-corrected chi connectivity index (χ4v) is 3.74. The van der Waals surface area contributed by atoms with Crippen molar-refractivity contribution in [2.45, 2.75) is 0 Å². The van der Waals surface area contributed by atoms with Gasteiger partial charge in [-0.15, -0.1) is 10.2 Å². The quantitative estimate of drug-likeness (QED) is 0.690. The van der Waals surface area contributed by atoms with Gasteiger partial charge in [0.25, 0.3) is 0 Å². The summed E-state index contributed by atoms with van der Waals surface area (Å²) in [5, 5.41) is 11.8. The van der Waals surface area contributed by atoms with E-state index in [2.05, 4.69) is 58.4 Å². The van der Waals surface area contributed by atoms with E-state index >= 15 is 0 Å². The second-order valence-electron chi connectivity index (χ2n) is 7.28. The molecule has 24 heavy (non-hydrogen) atoms. The van der Waals surface area contributed by atoms with Gasteiger partial charge in [0.15, 0.2) is 11.6 Å². The summed E-state index contributed by atoms with van der Waals surface area (Å²) in [5.41, 5.74) is 0. The Labute approximate surface area is 143 Å². The molecule has 3 heterocycles. The van der Waals surface area contributed by atoms with Gasteiger partial charge in [0.05, 0.1) is 66.5 Å². The molecule has 2 aliphatic heterocycles. The molecule has 0 amide bonds. The molecule has 0 spiro atoms. The second kappa shape index (κ2) is 6.53. The van der Waals surface area contributed by atoms with Crippen molar-refractivity contribution in [3.05, 3.63) is 24.3 Å². The van der Waals surface area contributed by atoms with Gasteiger partial charge in [-0.1, -0.05) is 24.3 Å². The highest BCUT2D eigenvalue weighted by molar-refractivity contribution is 5.98. The van der Waals surface area contributed by atoms with E-state index < -0.39 is 0 Å². The first-order chi connectivity index (χ1) is 11.7. The van der Waals surface area contributed by atoms with E-state index in [9.17, 15) is 0 Å². The fraction of sp³-hybridized carbons (Fsp3) is 0.556. The molecule has 2 aromatic rings. The number of hydrogen-bond acceptors (Lipinski definition) is 4. The van der Waals surface area contributed by atoms with Crippen LogP contribution in [-0.4, -0.2) is 76.7 Å². The molecule has 0 radical (unpaired) electrons. The molecule has 2 aliphatic rings. The summed E-state index contributed by atoms with van der Waals surface area (Å²) < 4.78 is 0. The maximum Gasteiger partial charge on any atom is 0.159 e. The summed E-state index contributed by atoms with van der Waals surface area (Å²) in [6.07, 6.45) is 0. The van der Waals surface area contributed by atoms with Crippen LogP contribution in [0.1, 0.15) is 0 Å². The number of anilines is 2. The molecule has 0 aliphatic carbocycles. The lowest BCUT2D eigenvalue weighted by Gasteiger charge is -2.33. The number of nitrogens with zero attached hydrogens (tertiary/aromatic N) is 4. The van der Waals surface area contributed by atoms with Gasteiger partial charge < -0.3 is 19.6 Å². The van der Waals surface area contributed by atoms with Crippen LogP contribution in [0.2, 0.25) is 0 Å². The summed E-state index contributed by atoms with van der Waals surface area (Å²) in [6, 6.07) is 8.64. The summed E-state index contributed by atoms with van der Waals surface area (Å²) in [7, 11) is 4.53. The van der Waals surface area contributed by atoms with Gasteiger partial charge in [-0.3, -0.25) is 0 Å². The predicted octanol–water partition coefficient (Wildman–Crippen LogP) is -1.70. The zero-order chi connectivity index (χ0) is 16.5. The molecule has 0 unspecified atom stereocenters. The minimum absolute atomic E-state index is 1.06. The highest BCUT2D eigenvalue weighted by Crippen LogP contribution is 2.30. The third-order valence-corrected chi connectivity index (χ3v) is 5.48. The van der Waals surface area contributed by atoms with Crippen molar-refractivity contribution in [3.8, 4) is 0 Å². The fourth-order valence-electron chi connectivity index (χ4n) is 3.74. The van der Waals surface area contributed by atoms with E-state index in [-0.39, 0.29) is 0 Å². The Morgan fingerprint density at radius 2 is 1.08 bits per heavy atom. The number of quaternary nitrogens is 2. The van der Waals surface area contributed by atoms with E-state index in [4.69, 9.17) is 0 Å². The summed E-state index contributed by atoms with van der Waals surface area (Å²) >= 11 is 0. The minimum Gasteiger partial charge on any atom is -0.343 e. The van der Waals surface area contributed by atoms with Crippen LogP contribution in [0.5, 0.6) is 0 Å². The van der Waals surface area contributed by atoms with Crippen molar-refractivity contribution in [1.82, 2.24) is 10.2 Å². The van der Waals surface area contributed by atoms with Gasteiger partial charge in [0, 0.05) is 10.8 Å². The van der Waals surface area contributed by atoms with Crippen LogP contribution in [0.15, 0.2) is 24.3 Å². The zero-order valence-corrected chi connectivity index (χ0v) is 14.8. The standard InChI is InChI=1S/C18H26N6/c1-21-7-11-23(12-8-21)17-15-5-3-4-6-16(15)18(20-19-17)24-13-9-22(2)10-14-24/h3-6H,7-14H2,1-2H3/p+2. The topological polar surface area (TPSA) is 41.1 Å². The molecule has 2 saturated heterocycles. The Balaban J connectivity index is 1.69. The van der Waals surface area contributed by atoms with Gasteiger partial charge in [0.2, 0.25) is 0 Å². The summed E-state index contributed by atoms with van der Waals surface area (Å²) in [5.74, 6) is 2.11. The number of likely N-dealkylation sites (N-methyl/N-ethyl adjacent to an activating group) is 2. The number of piperazine rings is 2. The molecule has 6 heteroatoms. The van der Waals surface area contributed by atoms with Crippen LogP contribution in [0.3, 0.4) is 0 Å². The molecule has 4 rings (SSSR count). The normalized spacial score (nSPS) is 20.8. The summed E-state index contributed by atoms with van der Waals surface area (Å²) in [4.78, 5) is 8.00. The molecule has 128 valence electrons. The molecule has 1 aromatic carbocycles. The van der Waals surface area contributed by atoms with Gasteiger partial charge in [0.1, 0.15) is 0 Å². The lowest BCUT2D eigenvalue weighted by molar-refractivity contribution is -0.880. The molecular weight excluding hydrogens is 300 g/mol. The van der Waals surface area contributed by atoms with E-state index in [1.54, 1.807) is 9.80 Å². The highest BCUT2D eigenvalue weighted by atomic mass is 15.4. The third kappa shape index (κ3) is 2.91. The molecule has 1 aromatic heterocycles. The predicted molar refractivity (Wildman–Crippen MR) is 97.2 cm³/mol.